The van der Waals surface area contributed by atoms with Gasteiger partial charge in [0.25, 0.3) is 5.91 Å². The van der Waals surface area contributed by atoms with Crippen molar-refractivity contribution in [1.29, 1.82) is 0 Å². The first-order chi connectivity index (χ1) is 5.59. The lowest BCUT2D eigenvalue weighted by Gasteiger charge is -1.98. The van der Waals surface area contributed by atoms with Gasteiger partial charge in [-0.15, -0.1) is 0 Å². The number of carbonyl (C=O) groups is 1. The third-order valence-corrected chi connectivity index (χ3v) is 1.17. The highest BCUT2D eigenvalue weighted by Crippen LogP contribution is 2.05. The molecule has 0 atom stereocenters. The number of alkyl halides is 2. The van der Waals surface area contributed by atoms with Gasteiger partial charge in [-0.3, -0.25) is 9.48 Å². The number of anilines is 1. The summed E-state index contributed by atoms with van der Waals surface area (Å²) in [5, 5.41) is 5.68. The summed E-state index contributed by atoms with van der Waals surface area (Å²) < 4.78 is 24.8. The van der Waals surface area contributed by atoms with Crippen molar-refractivity contribution < 1.29 is 13.6 Å². The van der Waals surface area contributed by atoms with Gasteiger partial charge < -0.3 is 5.32 Å². The average molecular weight is 175 g/mol. The van der Waals surface area contributed by atoms with Crippen molar-refractivity contribution in [1.82, 2.24) is 9.78 Å². The van der Waals surface area contributed by atoms with E-state index in [0.29, 0.717) is 0 Å². The lowest BCUT2D eigenvalue weighted by molar-refractivity contribution is -0.126. The Labute approximate surface area is 67.2 Å². The summed E-state index contributed by atoms with van der Waals surface area (Å²) in [6, 6.07) is 0. The Morgan fingerprint density at radius 3 is 2.83 bits per heavy atom. The first-order valence-corrected chi connectivity index (χ1v) is 3.17. The summed E-state index contributed by atoms with van der Waals surface area (Å²) in [4.78, 5) is 10.4. The molecule has 0 unspecified atom stereocenters. The zero-order chi connectivity index (χ0) is 9.14. The highest BCUT2D eigenvalue weighted by molar-refractivity contribution is 5.92. The van der Waals surface area contributed by atoms with Crippen molar-refractivity contribution in [3.63, 3.8) is 0 Å². The average Bonchev–Trinajstić information content (AvgIpc) is 2.35. The van der Waals surface area contributed by atoms with E-state index in [1.807, 2.05) is 5.32 Å². The minimum absolute atomic E-state index is 0.266. The summed E-state index contributed by atoms with van der Waals surface area (Å²) >= 11 is 0. The third-order valence-electron chi connectivity index (χ3n) is 1.17. The van der Waals surface area contributed by atoms with E-state index >= 15 is 0 Å². The minimum Gasteiger partial charge on any atom is -0.318 e. The fourth-order valence-electron chi connectivity index (χ4n) is 0.683. The molecule has 1 heterocycles. The van der Waals surface area contributed by atoms with E-state index in [4.69, 9.17) is 0 Å². The molecule has 0 fully saturated rings. The van der Waals surface area contributed by atoms with E-state index in [-0.39, 0.29) is 5.69 Å². The molecule has 12 heavy (non-hydrogen) atoms. The molecule has 66 valence electrons. The van der Waals surface area contributed by atoms with Gasteiger partial charge in [0.2, 0.25) is 0 Å². The molecule has 0 aliphatic heterocycles. The van der Waals surface area contributed by atoms with Crippen LogP contribution in [0.3, 0.4) is 0 Å². The molecule has 0 aliphatic carbocycles. The number of hydrogen-bond acceptors (Lipinski definition) is 2. The van der Waals surface area contributed by atoms with Gasteiger partial charge in [0.15, 0.2) is 0 Å². The van der Waals surface area contributed by atoms with Crippen LogP contribution in [-0.4, -0.2) is 22.1 Å². The quantitative estimate of drug-likeness (QED) is 0.716. The summed E-state index contributed by atoms with van der Waals surface area (Å²) in [5.74, 6) is -1.32. The zero-order valence-corrected chi connectivity index (χ0v) is 6.29. The van der Waals surface area contributed by atoms with Crippen molar-refractivity contribution in [3.8, 4) is 0 Å². The monoisotopic (exact) mass is 175 g/mol. The molecule has 1 aromatic rings. The largest absolute Gasteiger partial charge is 0.318 e. The SMILES string of the molecule is Cn1cc(NC(=O)C(F)F)cn1. The van der Waals surface area contributed by atoms with Crippen LogP contribution >= 0.6 is 0 Å². The predicted molar refractivity (Wildman–Crippen MR) is 37.8 cm³/mol. The summed E-state index contributed by atoms with van der Waals surface area (Å²) in [7, 11) is 1.62. The summed E-state index contributed by atoms with van der Waals surface area (Å²) in [6.07, 6.45) is -0.272. The number of rotatable bonds is 2. The number of amides is 1. The van der Waals surface area contributed by atoms with E-state index in [1.165, 1.54) is 17.1 Å². The Kier molecular flexibility index (Phi) is 2.37. The Morgan fingerprint density at radius 2 is 2.42 bits per heavy atom. The molecule has 0 spiro atoms. The number of hydrogen-bond donors (Lipinski definition) is 1. The number of aromatic nitrogens is 2. The van der Waals surface area contributed by atoms with E-state index in [2.05, 4.69) is 5.10 Å². The van der Waals surface area contributed by atoms with E-state index in [0.717, 1.165) is 0 Å². The highest BCUT2D eigenvalue weighted by atomic mass is 19.3. The molecule has 1 rings (SSSR count). The number of nitrogens with one attached hydrogen (secondary N) is 1. The summed E-state index contributed by atoms with van der Waals surface area (Å²) in [6.45, 7) is 0. The fourth-order valence-corrected chi connectivity index (χ4v) is 0.683. The highest BCUT2D eigenvalue weighted by Gasteiger charge is 2.15. The molecule has 0 bridgehead atoms. The minimum atomic E-state index is -3.00. The molecule has 6 heteroatoms. The molecule has 0 aromatic carbocycles. The Bertz CT molecular complexity index is 284. The van der Waals surface area contributed by atoms with Crippen LogP contribution in [-0.2, 0) is 11.8 Å². The second kappa shape index (κ2) is 3.29. The normalized spacial score (nSPS) is 10.3. The van der Waals surface area contributed by atoms with Crippen molar-refractivity contribution in [2.75, 3.05) is 5.32 Å². The third kappa shape index (κ3) is 2.01. The van der Waals surface area contributed by atoms with E-state index in [9.17, 15) is 13.6 Å². The Morgan fingerprint density at radius 1 is 1.75 bits per heavy atom. The summed E-state index contributed by atoms with van der Waals surface area (Å²) in [5.41, 5.74) is 0.266. The van der Waals surface area contributed by atoms with Gasteiger partial charge in [-0.25, -0.2) is 0 Å². The van der Waals surface area contributed by atoms with Gasteiger partial charge in [-0.1, -0.05) is 0 Å². The maximum atomic E-state index is 11.7. The van der Waals surface area contributed by atoms with E-state index < -0.39 is 12.3 Å². The van der Waals surface area contributed by atoms with Gasteiger partial charge in [0, 0.05) is 13.2 Å². The van der Waals surface area contributed by atoms with Crippen LogP contribution in [0.4, 0.5) is 14.5 Å². The smallest absolute Gasteiger partial charge is 0.315 e. The standard InChI is InChI=1S/C6H7F2N3O/c1-11-3-4(2-9-11)10-6(12)5(7)8/h2-3,5H,1H3,(H,10,12). The van der Waals surface area contributed by atoms with Crippen LogP contribution in [0.1, 0.15) is 0 Å². The number of aryl methyl sites for hydroxylation is 1. The van der Waals surface area contributed by atoms with Gasteiger partial charge in [0.1, 0.15) is 0 Å². The first kappa shape index (κ1) is 8.63. The number of halogens is 2. The van der Waals surface area contributed by atoms with Crippen molar-refractivity contribution >= 4 is 11.6 Å². The van der Waals surface area contributed by atoms with Crippen LogP contribution in [0.2, 0.25) is 0 Å². The van der Waals surface area contributed by atoms with Crippen LogP contribution < -0.4 is 5.32 Å². The van der Waals surface area contributed by atoms with Crippen molar-refractivity contribution in [2.45, 2.75) is 6.43 Å². The zero-order valence-electron chi connectivity index (χ0n) is 6.29. The Hall–Kier alpha value is -1.46. The van der Waals surface area contributed by atoms with E-state index in [1.54, 1.807) is 7.05 Å². The maximum Gasteiger partial charge on any atom is 0.315 e. The molecular weight excluding hydrogens is 168 g/mol. The molecule has 1 amide bonds. The van der Waals surface area contributed by atoms with Crippen LogP contribution in [0.15, 0.2) is 12.4 Å². The fraction of sp³-hybridized carbons (Fsp3) is 0.333. The Balaban J connectivity index is 2.58. The lowest BCUT2D eigenvalue weighted by atomic mass is 10.5. The van der Waals surface area contributed by atoms with Crippen LogP contribution in [0.25, 0.3) is 0 Å². The van der Waals surface area contributed by atoms with Gasteiger partial charge in [0.05, 0.1) is 11.9 Å². The second-order valence-corrected chi connectivity index (χ2v) is 2.19. The van der Waals surface area contributed by atoms with Crippen molar-refractivity contribution in [2.24, 2.45) is 7.05 Å². The first-order valence-electron chi connectivity index (χ1n) is 3.17. The maximum absolute atomic E-state index is 11.7. The van der Waals surface area contributed by atoms with Crippen LogP contribution in [0, 0.1) is 0 Å². The number of nitrogens with zero attached hydrogens (tertiary/aromatic N) is 2. The molecule has 0 saturated carbocycles. The molecule has 0 aliphatic rings. The lowest BCUT2D eigenvalue weighted by Crippen LogP contribution is -2.19. The molecular formula is C6H7F2N3O. The second-order valence-electron chi connectivity index (χ2n) is 2.19. The molecule has 4 nitrogen and oxygen atoms in total. The molecule has 1 aromatic heterocycles. The van der Waals surface area contributed by atoms with Crippen molar-refractivity contribution in [3.05, 3.63) is 12.4 Å². The number of carbonyl (C=O) groups excluding carboxylic acids is 1. The van der Waals surface area contributed by atoms with Gasteiger partial charge in [-0.05, 0) is 0 Å². The van der Waals surface area contributed by atoms with Crippen LogP contribution in [0.5, 0.6) is 0 Å². The molecule has 0 radical (unpaired) electrons. The molecule has 1 N–H and O–H groups in total. The van der Waals surface area contributed by atoms with Gasteiger partial charge >= 0.3 is 6.43 Å². The predicted octanol–water partition coefficient (Wildman–Crippen LogP) is 0.624. The van der Waals surface area contributed by atoms with Gasteiger partial charge in [-0.2, -0.15) is 13.9 Å². The molecule has 0 saturated heterocycles. The topological polar surface area (TPSA) is 46.9 Å².